The zero-order chi connectivity index (χ0) is 27.4. The van der Waals surface area contributed by atoms with E-state index in [0.717, 1.165) is 16.5 Å². The Morgan fingerprint density at radius 2 is 1.95 bits per heavy atom. The molecule has 0 unspecified atom stereocenters. The number of halogens is 3. The molecular weight excluding hydrogens is 507 g/mol. The Hall–Kier alpha value is -3.92. The van der Waals surface area contributed by atoms with Gasteiger partial charge in [0.05, 0.1) is 18.3 Å². The number of benzene rings is 2. The molecule has 1 N–H and O–H groups in total. The average molecular weight is 538 g/mol. The van der Waals surface area contributed by atoms with Gasteiger partial charge in [-0.1, -0.05) is 12.1 Å². The normalized spacial score (nSPS) is 17.8. The van der Waals surface area contributed by atoms with E-state index in [4.69, 9.17) is 4.74 Å². The van der Waals surface area contributed by atoms with E-state index in [-0.39, 0.29) is 44.3 Å². The van der Waals surface area contributed by atoms with Crippen LogP contribution in [0.1, 0.15) is 29.3 Å². The second kappa shape index (κ2) is 11.9. The smallest absolute Gasteiger partial charge is 0.254 e. The summed E-state index contributed by atoms with van der Waals surface area (Å²) in [6, 6.07) is 11.3. The minimum Gasteiger partial charge on any atom is -0.493 e. The molecule has 3 heterocycles. The average Bonchev–Trinajstić information content (AvgIpc) is 3.40. The van der Waals surface area contributed by atoms with E-state index >= 15 is 0 Å². The van der Waals surface area contributed by atoms with Gasteiger partial charge in [-0.2, -0.15) is 5.10 Å². The molecule has 0 aliphatic carbocycles. The number of piperidine rings is 1. The van der Waals surface area contributed by atoms with Gasteiger partial charge in [-0.15, -0.1) is 0 Å². The number of fused-ring (bicyclic) bond motifs is 1. The Bertz CT molecular complexity index is 1440. The number of hydrogen-bond donors (Lipinski definition) is 1. The first-order valence-corrected chi connectivity index (χ1v) is 13.0. The summed E-state index contributed by atoms with van der Waals surface area (Å²) in [7, 11) is 0. The third-order valence-corrected chi connectivity index (χ3v) is 6.86. The molecule has 5 rings (SSSR count). The van der Waals surface area contributed by atoms with E-state index in [2.05, 4.69) is 15.2 Å². The predicted molar refractivity (Wildman–Crippen MR) is 142 cm³/mol. The molecule has 39 heavy (non-hydrogen) atoms. The number of ether oxygens (including phenoxy) is 1. The van der Waals surface area contributed by atoms with Crippen molar-refractivity contribution >= 4 is 16.8 Å². The van der Waals surface area contributed by atoms with E-state index < -0.39 is 12.3 Å². The van der Waals surface area contributed by atoms with Gasteiger partial charge in [0, 0.05) is 73.6 Å². The summed E-state index contributed by atoms with van der Waals surface area (Å²) in [6.45, 7) is 3.25. The van der Waals surface area contributed by atoms with Crippen LogP contribution in [0, 0.1) is 5.82 Å². The SMILES string of the molecule is CCOc1cc(C(=O)N(CCN2C[C@@H](F)C[C@H](F)C2)Cc2cncc3cn[nH]c23)ccc1-c1cccc(F)c1. The lowest BCUT2D eigenvalue weighted by molar-refractivity contribution is 0.0571. The van der Waals surface area contributed by atoms with E-state index in [1.165, 1.54) is 12.1 Å². The number of carbonyl (C=O) groups excluding carboxylic acids is 1. The minimum atomic E-state index is -1.23. The van der Waals surface area contributed by atoms with Crippen LogP contribution in [0.4, 0.5) is 13.2 Å². The molecule has 0 bridgehead atoms. The second-order valence-electron chi connectivity index (χ2n) is 9.70. The number of rotatable bonds is 9. The fraction of sp³-hybridized carbons (Fsp3) is 0.345. The lowest BCUT2D eigenvalue weighted by atomic mass is 10.0. The van der Waals surface area contributed by atoms with Crippen molar-refractivity contribution in [2.24, 2.45) is 0 Å². The predicted octanol–water partition coefficient (Wildman–Crippen LogP) is 5.19. The summed E-state index contributed by atoms with van der Waals surface area (Å²) in [6.07, 6.45) is 2.47. The van der Waals surface area contributed by atoms with Gasteiger partial charge >= 0.3 is 0 Å². The number of pyridine rings is 1. The van der Waals surface area contributed by atoms with Crippen LogP contribution in [0.15, 0.2) is 61.1 Å². The van der Waals surface area contributed by atoms with Gasteiger partial charge in [-0.05, 0) is 42.8 Å². The highest BCUT2D eigenvalue weighted by Crippen LogP contribution is 2.32. The van der Waals surface area contributed by atoms with Crippen molar-refractivity contribution in [2.45, 2.75) is 32.2 Å². The fourth-order valence-corrected chi connectivity index (χ4v) is 5.01. The van der Waals surface area contributed by atoms with Crippen LogP contribution in [0.2, 0.25) is 0 Å². The number of hydrogen-bond acceptors (Lipinski definition) is 5. The molecule has 1 amide bonds. The molecule has 1 fully saturated rings. The van der Waals surface area contributed by atoms with Crippen LogP contribution in [-0.2, 0) is 6.54 Å². The number of alkyl halides is 2. The Morgan fingerprint density at radius 1 is 1.13 bits per heavy atom. The highest BCUT2D eigenvalue weighted by atomic mass is 19.1. The van der Waals surface area contributed by atoms with E-state index in [0.29, 0.717) is 35.6 Å². The van der Waals surface area contributed by atoms with Gasteiger partial charge in [0.15, 0.2) is 0 Å². The minimum absolute atomic E-state index is 0.0928. The Labute approximate surface area is 224 Å². The summed E-state index contributed by atoms with van der Waals surface area (Å²) in [4.78, 5) is 21.5. The molecule has 1 saturated heterocycles. The lowest BCUT2D eigenvalue weighted by Crippen LogP contribution is -2.46. The van der Waals surface area contributed by atoms with Gasteiger partial charge < -0.3 is 9.64 Å². The molecule has 0 spiro atoms. The molecule has 0 saturated carbocycles. The lowest BCUT2D eigenvalue weighted by Gasteiger charge is -2.33. The number of likely N-dealkylation sites (tertiary alicyclic amines) is 1. The number of carbonyl (C=O) groups is 1. The van der Waals surface area contributed by atoms with Crippen LogP contribution in [0.3, 0.4) is 0 Å². The first kappa shape index (κ1) is 26.7. The van der Waals surface area contributed by atoms with Crippen LogP contribution >= 0.6 is 0 Å². The molecular formula is C29H30F3N5O2. The number of amides is 1. The number of nitrogens with one attached hydrogen (secondary N) is 1. The van der Waals surface area contributed by atoms with Crippen LogP contribution in [0.5, 0.6) is 5.75 Å². The zero-order valence-corrected chi connectivity index (χ0v) is 21.6. The summed E-state index contributed by atoms with van der Waals surface area (Å²) >= 11 is 0. The van der Waals surface area contributed by atoms with E-state index in [1.54, 1.807) is 58.7 Å². The number of H-pyrrole nitrogens is 1. The Morgan fingerprint density at radius 3 is 2.72 bits per heavy atom. The van der Waals surface area contributed by atoms with E-state index in [9.17, 15) is 18.0 Å². The molecule has 2 aromatic heterocycles. The molecule has 2 atom stereocenters. The van der Waals surface area contributed by atoms with Crippen LogP contribution in [0.25, 0.3) is 22.0 Å². The van der Waals surface area contributed by atoms with Crippen molar-refractivity contribution in [1.82, 2.24) is 25.0 Å². The summed E-state index contributed by atoms with van der Waals surface area (Å²) < 4.78 is 47.8. The zero-order valence-electron chi connectivity index (χ0n) is 21.6. The summed E-state index contributed by atoms with van der Waals surface area (Å²) in [5, 5.41) is 7.85. The summed E-state index contributed by atoms with van der Waals surface area (Å²) in [5.41, 5.74) is 3.23. The monoisotopic (exact) mass is 537 g/mol. The Balaban J connectivity index is 1.44. The molecule has 4 aromatic rings. The number of nitrogens with zero attached hydrogens (tertiary/aromatic N) is 4. The van der Waals surface area contributed by atoms with Gasteiger partial charge in [-0.3, -0.25) is 19.8 Å². The fourth-order valence-electron chi connectivity index (χ4n) is 5.01. The third-order valence-electron chi connectivity index (χ3n) is 6.86. The highest BCUT2D eigenvalue weighted by Gasteiger charge is 2.28. The topological polar surface area (TPSA) is 74.3 Å². The first-order valence-electron chi connectivity index (χ1n) is 13.0. The van der Waals surface area contributed by atoms with Crippen molar-refractivity contribution in [3.63, 3.8) is 0 Å². The standard InChI is InChI=1S/C29H30F3N5O2/c1-2-39-27-11-20(6-7-26(27)19-4-3-5-23(30)10-19)29(38)37(9-8-36-17-24(31)12-25(32)18-36)16-22-14-33-13-21-15-34-35-28(21)22/h3-7,10-11,13-15,24-25H,2,8-9,12,16-18H2,1H3,(H,34,35)/t24-,25-/m0/s1. The van der Waals surface area contributed by atoms with Crippen molar-refractivity contribution in [1.29, 1.82) is 0 Å². The second-order valence-corrected chi connectivity index (χ2v) is 9.70. The van der Waals surface area contributed by atoms with Crippen molar-refractivity contribution in [3.05, 3.63) is 78.0 Å². The maximum absolute atomic E-state index is 14.0. The van der Waals surface area contributed by atoms with Gasteiger partial charge in [0.25, 0.3) is 5.91 Å². The molecule has 1 aliphatic heterocycles. The largest absolute Gasteiger partial charge is 0.493 e. The third kappa shape index (κ3) is 6.22. The molecule has 204 valence electrons. The van der Waals surface area contributed by atoms with Crippen molar-refractivity contribution in [2.75, 3.05) is 32.8 Å². The maximum Gasteiger partial charge on any atom is 0.254 e. The molecule has 2 aromatic carbocycles. The first-order chi connectivity index (χ1) is 18.9. The maximum atomic E-state index is 14.0. The molecule has 0 radical (unpaired) electrons. The molecule has 1 aliphatic rings. The summed E-state index contributed by atoms with van der Waals surface area (Å²) in [5.74, 6) is -0.182. The van der Waals surface area contributed by atoms with Crippen molar-refractivity contribution in [3.8, 4) is 16.9 Å². The Kier molecular flexibility index (Phi) is 8.11. The van der Waals surface area contributed by atoms with Crippen LogP contribution < -0.4 is 4.74 Å². The van der Waals surface area contributed by atoms with Gasteiger partial charge in [-0.25, -0.2) is 13.2 Å². The van der Waals surface area contributed by atoms with Gasteiger partial charge in [0.1, 0.15) is 23.9 Å². The number of aromatic amines is 1. The molecule has 10 heteroatoms. The highest BCUT2D eigenvalue weighted by molar-refractivity contribution is 5.96. The van der Waals surface area contributed by atoms with Crippen LogP contribution in [-0.4, -0.2) is 76.0 Å². The van der Waals surface area contributed by atoms with Gasteiger partial charge in [0.2, 0.25) is 0 Å². The number of aromatic nitrogens is 3. The van der Waals surface area contributed by atoms with Crippen molar-refractivity contribution < 1.29 is 22.7 Å². The quantitative estimate of drug-likeness (QED) is 0.318. The van der Waals surface area contributed by atoms with E-state index in [1.807, 2.05) is 6.92 Å². The molecule has 7 nitrogen and oxygen atoms in total.